The monoisotopic (exact) mass is 398 g/mol. The zero-order chi connectivity index (χ0) is 18.4. The molecule has 1 N–H and O–H groups in total. The Bertz CT molecular complexity index is 838. The van der Waals surface area contributed by atoms with E-state index >= 15 is 0 Å². The van der Waals surface area contributed by atoms with Gasteiger partial charge >= 0.3 is 5.97 Å². The molecule has 0 aliphatic rings. The van der Waals surface area contributed by atoms with Crippen LogP contribution in [-0.4, -0.2) is 23.5 Å². The van der Waals surface area contributed by atoms with E-state index in [4.69, 9.17) is 39.5 Å². The summed E-state index contributed by atoms with van der Waals surface area (Å²) >= 11 is 17.9. The maximum Gasteiger partial charge on any atom is 0.331 e. The number of carbonyl (C=O) groups excluding carboxylic acids is 2. The third-order valence-corrected chi connectivity index (χ3v) is 4.30. The van der Waals surface area contributed by atoms with Crippen LogP contribution < -0.4 is 5.32 Å². The number of hydrogen-bond donors (Lipinski definition) is 1. The smallest absolute Gasteiger partial charge is 0.331 e. The summed E-state index contributed by atoms with van der Waals surface area (Å²) < 4.78 is 4.85. The quantitative estimate of drug-likeness (QED) is 0.592. The number of esters is 1. The lowest BCUT2D eigenvalue weighted by atomic mass is 10.2. The van der Waals surface area contributed by atoms with Crippen LogP contribution in [0, 0.1) is 6.92 Å². The van der Waals surface area contributed by atoms with Gasteiger partial charge in [0, 0.05) is 17.3 Å². The summed E-state index contributed by atoms with van der Waals surface area (Å²) in [7, 11) is 0. The second-order valence-corrected chi connectivity index (χ2v) is 6.10. The minimum absolute atomic E-state index is 0.149. The van der Waals surface area contributed by atoms with Crippen LogP contribution in [0.3, 0.4) is 0 Å². The van der Waals surface area contributed by atoms with E-state index < -0.39 is 18.5 Å². The molecule has 0 unspecified atom stereocenters. The Balaban J connectivity index is 1.89. The first-order chi connectivity index (χ1) is 11.9. The van der Waals surface area contributed by atoms with E-state index in [9.17, 15) is 9.59 Å². The van der Waals surface area contributed by atoms with Gasteiger partial charge in [-0.3, -0.25) is 4.79 Å². The zero-order valence-corrected chi connectivity index (χ0v) is 15.3. The van der Waals surface area contributed by atoms with Crippen molar-refractivity contribution in [2.24, 2.45) is 0 Å². The number of aromatic nitrogens is 1. The molecule has 2 aromatic rings. The molecule has 0 aliphatic carbocycles. The second kappa shape index (κ2) is 8.85. The third-order valence-electron chi connectivity index (χ3n) is 3.11. The lowest BCUT2D eigenvalue weighted by molar-refractivity contribution is -0.142. The van der Waals surface area contributed by atoms with Crippen molar-refractivity contribution in [3.05, 3.63) is 62.7 Å². The molecular formula is C17H13Cl3N2O3. The molecule has 0 bridgehead atoms. The SMILES string of the molecule is Cc1c(Cl)cnc(NC(=O)COC(=O)/C=C/c2ccccc2Cl)c1Cl. The highest BCUT2D eigenvalue weighted by Gasteiger charge is 2.12. The highest BCUT2D eigenvalue weighted by molar-refractivity contribution is 6.37. The molecule has 1 amide bonds. The predicted octanol–water partition coefficient (Wildman–Crippen LogP) is 4.55. The highest BCUT2D eigenvalue weighted by atomic mass is 35.5. The van der Waals surface area contributed by atoms with Gasteiger partial charge in [-0.05, 0) is 30.2 Å². The number of amides is 1. The first-order valence-corrected chi connectivity index (χ1v) is 8.21. The average molecular weight is 400 g/mol. The Morgan fingerprint density at radius 2 is 1.92 bits per heavy atom. The zero-order valence-electron chi connectivity index (χ0n) is 13.1. The predicted molar refractivity (Wildman–Crippen MR) is 99.1 cm³/mol. The van der Waals surface area contributed by atoms with Gasteiger partial charge in [-0.1, -0.05) is 53.0 Å². The summed E-state index contributed by atoms with van der Waals surface area (Å²) in [4.78, 5) is 27.4. The van der Waals surface area contributed by atoms with Gasteiger partial charge in [-0.2, -0.15) is 0 Å². The van der Waals surface area contributed by atoms with Crippen LogP contribution in [0.2, 0.25) is 15.1 Å². The van der Waals surface area contributed by atoms with E-state index in [2.05, 4.69) is 10.3 Å². The number of ether oxygens (including phenoxy) is 1. The molecule has 1 heterocycles. The van der Waals surface area contributed by atoms with Crippen LogP contribution >= 0.6 is 34.8 Å². The van der Waals surface area contributed by atoms with Crippen LogP contribution in [0.15, 0.2) is 36.5 Å². The van der Waals surface area contributed by atoms with Crippen molar-refractivity contribution >= 4 is 58.6 Å². The van der Waals surface area contributed by atoms with Gasteiger partial charge in [0.05, 0.1) is 10.0 Å². The molecule has 2 rings (SSSR count). The normalized spacial score (nSPS) is 10.7. The molecule has 1 aromatic heterocycles. The van der Waals surface area contributed by atoms with E-state index in [0.29, 0.717) is 21.2 Å². The van der Waals surface area contributed by atoms with Crippen molar-refractivity contribution < 1.29 is 14.3 Å². The maximum absolute atomic E-state index is 11.8. The van der Waals surface area contributed by atoms with E-state index in [1.807, 2.05) is 0 Å². The van der Waals surface area contributed by atoms with E-state index in [1.54, 1.807) is 31.2 Å². The van der Waals surface area contributed by atoms with Crippen LogP contribution in [0.25, 0.3) is 6.08 Å². The fourth-order valence-electron chi connectivity index (χ4n) is 1.77. The highest BCUT2D eigenvalue weighted by Crippen LogP contribution is 2.28. The Kier molecular flexibility index (Phi) is 6.82. The number of pyridine rings is 1. The standard InChI is InChI=1S/C17H13Cl3N2O3/c1-10-13(19)8-21-17(16(10)20)22-14(23)9-25-15(24)7-6-11-4-2-3-5-12(11)18/h2-8H,9H2,1H3,(H,21,22,23)/b7-6+. The first kappa shape index (κ1) is 19.2. The van der Waals surface area contributed by atoms with Gasteiger partial charge in [-0.25, -0.2) is 9.78 Å². The molecule has 0 radical (unpaired) electrons. The number of carbonyl (C=O) groups is 2. The van der Waals surface area contributed by atoms with E-state index in [-0.39, 0.29) is 10.8 Å². The number of nitrogens with one attached hydrogen (secondary N) is 1. The third kappa shape index (κ3) is 5.46. The lowest BCUT2D eigenvalue weighted by Crippen LogP contribution is -2.21. The average Bonchev–Trinajstić information content (AvgIpc) is 2.60. The molecule has 0 saturated heterocycles. The molecule has 25 heavy (non-hydrogen) atoms. The van der Waals surface area contributed by atoms with Gasteiger partial charge < -0.3 is 10.1 Å². The Labute approximate surface area is 159 Å². The number of rotatable bonds is 5. The van der Waals surface area contributed by atoms with Crippen molar-refractivity contribution in [2.75, 3.05) is 11.9 Å². The van der Waals surface area contributed by atoms with Crippen LogP contribution in [-0.2, 0) is 14.3 Å². The number of hydrogen-bond acceptors (Lipinski definition) is 4. The fourth-order valence-corrected chi connectivity index (χ4v) is 2.35. The summed E-state index contributed by atoms with van der Waals surface area (Å²) in [5, 5.41) is 3.57. The Morgan fingerprint density at radius 1 is 1.20 bits per heavy atom. The molecule has 1 aromatic carbocycles. The number of anilines is 1. The molecule has 8 heteroatoms. The summed E-state index contributed by atoms with van der Waals surface area (Å²) in [5.74, 6) is -1.10. The largest absolute Gasteiger partial charge is 0.452 e. The second-order valence-electron chi connectivity index (χ2n) is 4.90. The number of nitrogens with zero attached hydrogens (tertiary/aromatic N) is 1. The molecule has 130 valence electrons. The number of halogens is 3. The Hall–Kier alpha value is -2.08. The summed E-state index contributed by atoms with van der Waals surface area (Å²) in [5.41, 5.74) is 1.26. The molecule has 0 aliphatic heterocycles. The van der Waals surface area contributed by atoms with Gasteiger partial charge in [-0.15, -0.1) is 0 Å². The van der Waals surface area contributed by atoms with Crippen LogP contribution in [0.1, 0.15) is 11.1 Å². The van der Waals surface area contributed by atoms with Crippen molar-refractivity contribution in [1.82, 2.24) is 4.98 Å². The van der Waals surface area contributed by atoms with Gasteiger partial charge in [0.2, 0.25) is 0 Å². The molecule has 0 saturated carbocycles. The Morgan fingerprint density at radius 3 is 2.64 bits per heavy atom. The molecule has 0 spiro atoms. The van der Waals surface area contributed by atoms with Gasteiger partial charge in [0.25, 0.3) is 5.91 Å². The molecule has 0 fully saturated rings. The van der Waals surface area contributed by atoms with Gasteiger partial charge in [0.15, 0.2) is 12.4 Å². The topological polar surface area (TPSA) is 68.3 Å². The van der Waals surface area contributed by atoms with E-state index in [1.165, 1.54) is 18.3 Å². The number of benzene rings is 1. The minimum atomic E-state index is -0.679. The summed E-state index contributed by atoms with van der Waals surface area (Å²) in [6.45, 7) is 1.22. The minimum Gasteiger partial charge on any atom is -0.452 e. The fraction of sp³-hybridized carbons (Fsp3) is 0.118. The molecule has 0 atom stereocenters. The molecular weight excluding hydrogens is 387 g/mol. The summed E-state index contributed by atoms with van der Waals surface area (Å²) in [6, 6.07) is 7.01. The summed E-state index contributed by atoms with van der Waals surface area (Å²) in [6.07, 6.45) is 4.06. The van der Waals surface area contributed by atoms with Crippen molar-refractivity contribution in [3.63, 3.8) is 0 Å². The van der Waals surface area contributed by atoms with Crippen molar-refractivity contribution in [2.45, 2.75) is 6.92 Å². The van der Waals surface area contributed by atoms with Crippen molar-refractivity contribution in [1.29, 1.82) is 0 Å². The van der Waals surface area contributed by atoms with Crippen LogP contribution in [0.5, 0.6) is 0 Å². The first-order valence-electron chi connectivity index (χ1n) is 7.08. The van der Waals surface area contributed by atoms with Gasteiger partial charge in [0.1, 0.15) is 0 Å². The maximum atomic E-state index is 11.8. The lowest BCUT2D eigenvalue weighted by Gasteiger charge is -2.09. The van der Waals surface area contributed by atoms with Crippen molar-refractivity contribution in [3.8, 4) is 0 Å². The van der Waals surface area contributed by atoms with Crippen LogP contribution in [0.4, 0.5) is 5.82 Å². The molecule has 5 nitrogen and oxygen atoms in total. The van der Waals surface area contributed by atoms with E-state index in [0.717, 1.165) is 0 Å².